The van der Waals surface area contributed by atoms with Gasteiger partial charge in [-0.1, -0.05) is 12.5 Å². The van der Waals surface area contributed by atoms with E-state index in [1.54, 1.807) is 13.2 Å². The number of nitrogens with zero attached hydrogens (tertiary/aromatic N) is 1. The molecule has 0 spiro atoms. The fourth-order valence-electron chi connectivity index (χ4n) is 3.42. The smallest absolute Gasteiger partial charge is 0.131 e. The zero-order chi connectivity index (χ0) is 15.2. The molecule has 0 amide bonds. The molecule has 1 N–H and O–H groups in total. The van der Waals surface area contributed by atoms with Gasteiger partial charge in [0.25, 0.3) is 0 Å². The maximum absolute atomic E-state index is 14.3. The molecule has 1 fully saturated rings. The second-order valence-corrected chi connectivity index (χ2v) is 5.81. The third-order valence-corrected chi connectivity index (χ3v) is 4.55. The lowest BCUT2D eigenvalue weighted by Crippen LogP contribution is -2.42. The number of ether oxygens (including phenoxy) is 1. The van der Waals surface area contributed by atoms with E-state index in [-0.39, 0.29) is 11.9 Å². The van der Waals surface area contributed by atoms with Gasteiger partial charge >= 0.3 is 0 Å². The zero-order valence-electron chi connectivity index (χ0n) is 13.4. The van der Waals surface area contributed by atoms with Gasteiger partial charge in [0.1, 0.15) is 11.6 Å². The summed E-state index contributed by atoms with van der Waals surface area (Å²) in [5, 5.41) is 3.22. The van der Waals surface area contributed by atoms with Crippen LogP contribution in [0.25, 0.3) is 0 Å². The molecule has 3 nitrogen and oxygen atoms in total. The van der Waals surface area contributed by atoms with E-state index in [0.29, 0.717) is 17.4 Å². The fraction of sp³-hybridized carbons (Fsp3) is 0.647. The summed E-state index contributed by atoms with van der Waals surface area (Å²) in [6.45, 7) is 4.13. The Balaban J connectivity index is 2.22. The van der Waals surface area contributed by atoms with Crippen LogP contribution in [0.5, 0.6) is 5.75 Å². The van der Waals surface area contributed by atoms with E-state index in [9.17, 15) is 4.39 Å². The zero-order valence-corrected chi connectivity index (χ0v) is 13.4. The largest absolute Gasteiger partial charge is 0.496 e. The molecule has 1 saturated heterocycles. The summed E-state index contributed by atoms with van der Waals surface area (Å²) < 4.78 is 19.7. The van der Waals surface area contributed by atoms with Crippen LogP contribution in [0, 0.1) is 5.82 Å². The highest BCUT2D eigenvalue weighted by atomic mass is 19.1. The van der Waals surface area contributed by atoms with Crippen LogP contribution in [0.2, 0.25) is 0 Å². The summed E-state index contributed by atoms with van der Waals surface area (Å²) in [7, 11) is 3.59. The van der Waals surface area contributed by atoms with Gasteiger partial charge in [0.05, 0.1) is 7.11 Å². The lowest BCUT2D eigenvalue weighted by Gasteiger charge is -2.40. The van der Waals surface area contributed by atoms with Crippen molar-refractivity contribution in [3.8, 4) is 5.75 Å². The standard InChI is InChI=1S/C17H27FN2O/c1-13(17-15(18)8-6-9-16(17)21-3)20-12-5-4-7-14(20)10-11-19-2/h6,8-9,13-14,19H,4-5,7,10-12H2,1-3H3. The van der Waals surface area contributed by atoms with E-state index in [1.807, 2.05) is 13.1 Å². The van der Waals surface area contributed by atoms with Gasteiger partial charge in [-0.3, -0.25) is 4.90 Å². The average molecular weight is 294 g/mol. The Kier molecular flexibility index (Phi) is 6.00. The van der Waals surface area contributed by atoms with Crippen LogP contribution in [0.3, 0.4) is 0 Å². The van der Waals surface area contributed by atoms with E-state index >= 15 is 0 Å². The first-order valence-electron chi connectivity index (χ1n) is 7.91. The summed E-state index contributed by atoms with van der Waals surface area (Å²) in [5.74, 6) is 0.486. The molecule has 0 radical (unpaired) electrons. The Morgan fingerprint density at radius 1 is 1.43 bits per heavy atom. The Hall–Kier alpha value is -1.13. The van der Waals surface area contributed by atoms with Crippen LogP contribution >= 0.6 is 0 Å². The van der Waals surface area contributed by atoms with Crippen molar-refractivity contribution in [2.45, 2.75) is 44.7 Å². The van der Waals surface area contributed by atoms with Crippen LogP contribution in [0.4, 0.5) is 4.39 Å². The third-order valence-electron chi connectivity index (χ3n) is 4.55. The lowest BCUT2D eigenvalue weighted by molar-refractivity contribution is 0.0939. The summed E-state index contributed by atoms with van der Waals surface area (Å²) in [5.41, 5.74) is 0.691. The number of rotatable bonds is 6. The minimum Gasteiger partial charge on any atom is -0.496 e. The third kappa shape index (κ3) is 3.74. The van der Waals surface area contributed by atoms with Gasteiger partial charge in [0.2, 0.25) is 0 Å². The molecule has 1 heterocycles. The Morgan fingerprint density at radius 3 is 2.95 bits per heavy atom. The first-order valence-corrected chi connectivity index (χ1v) is 7.91. The van der Waals surface area contributed by atoms with Crippen LogP contribution < -0.4 is 10.1 Å². The van der Waals surface area contributed by atoms with Crippen molar-refractivity contribution in [2.75, 3.05) is 27.2 Å². The van der Waals surface area contributed by atoms with Crippen LogP contribution in [0.15, 0.2) is 18.2 Å². The van der Waals surface area contributed by atoms with Crippen molar-refractivity contribution in [1.82, 2.24) is 10.2 Å². The van der Waals surface area contributed by atoms with Crippen LogP contribution in [0.1, 0.15) is 44.2 Å². The van der Waals surface area contributed by atoms with E-state index in [4.69, 9.17) is 4.74 Å². The maximum Gasteiger partial charge on any atom is 0.131 e. The second kappa shape index (κ2) is 7.76. The summed E-state index contributed by atoms with van der Waals surface area (Å²) >= 11 is 0. The van der Waals surface area contributed by atoms with E-state index in [0.717, 1.165) is 19.5 Å². The fourth-order valence-corrected chi connectivity index (χ4v) is 3.42. The molecule has 118 valence electrons. The predicted octanol–water partition coefficient (Wildman–Crippen LogP) is 3.36. The number of methoxy groups -OCH3 is 1. The molecule has 1 aromatic rings. The topological polar surface area (TPSA) is 24.5 Å². The Bertz CT molecular complexity index is 452. The van der Waals surface area contributed by atoms with Crippen molar-refractivity contribution in [3.63, 3.8) is 0 Å². The van der Waals surface area contributed by atoms with Crippen molar-refractivity contribution >= 4 is 0 Å². The maximum atomic E-state index is 14.3. The number of halogens is 1. The quantitative estimate of drug-likeness (QED) is 0.870. The van der Waals surface area contributed by atoms with E-state index in [1.165, 1.54) is 25.3 Å². The van der Waals surface area contributed by atoms with Gasteiger partial charge in [0, 0.05) is 17.6 Å². The molecule has 21 heavy (non-hydrogen) atoms. The first-order chi connectivity index (χ1) is 10.2. The number of hydrogen-bond donors (Lipinski definition) is 1. The van der Waals surface area contributed by atoms with Crippen molar-refractivity contribution in [1.29, 1.82) is 0 Å². The summed E-state index contributed by atoms with van der Waals surface area (Å²) in [6, 6.07) is 5.65. The average Bonchev–Trinajstić information content (AvgIpc) is 2.52. The molecule has 1 aliphatic heterocycles. The van der Waals surface area contributed by atoms with Crippen molar-refractivity contribution in [2.24, 2.45) is 0 Å². The normalized spacial score (nSPS) is 21.2. The van der Waals surface area contributed by atoms with Crippen molar-refractivity contribution in [3.05, 3.63) is 29.6 Å². The molecule has 2 rings (SSSR count). The molecule has 1 aliphatic rings. The molecule has 4 heteroatoms. The molecule has 2 unspecified atom stereocenters. The van der Waals surface area contributed by atoms with Gasteiger partial charge in [-0.15, -0.1) is 0 Å². The minimum atomic E-state index is -0.167. The predicted molar refractivity (Wildman–Crippen MR) is 84.3 cm³/mol. The highest BCUT2D eigenvalue weighted by molar-refractivity contribution is 5.37. The van der Waals surface area contributed by atoms with Gasteiger partial charge in [-0.05, 0) is 58.5 Å². The highest BCUT2D eigenvalue weighted by Gasteiger charge is 2.29. The van der Waals surface area contributed by atoms with Gasteiger partial charge < -0.3 is 10.1 Å². The summed E-state index contributed by atoms with van der Waals surface area (Å²) in [4.78, 5) is 2.45. The van der Waals surface area contributed by atoms with Gasteiger partial charge in [0.15, 0.2) is 0 Å². The lowest BCUT2D eigenvalue weighted by atomic mass is 9.94. The highest BCUT2D eigenvalue weighted by Crippen LogP contribution is 2.35. The van der Waals surface area contributed by atoms with E-state index in [2.05, 4.69) is 17.1 Å². The molecule has 1 aromatic carbocycles. The van der Waals surface area contributed by atoms with Gasteiger partial charge in [-0.25, -0.2) is 4.39 Å². The van der Waals surface area contributed by atoms with Crippen LogP contribution in [-0.2, 0) is 0 Å². The number of hydrogen-bond acceptors (Lipinski definition) is 3. The van der Waals surface area contributed by atoms with Gasteiger partial charge in [-0.2, -0.15) is 0 Å². The molecular weight excluding hydrogens is 267 g/mol. The molecule has 2 atom stereocenters. The second-order valence-electron chi connectivity index (χ2n) is 5.81. The monoisotopic (exact) mass is 294 g/mol. The Labute approximate surface area is 127 Å². The Morgan fingerprint density at radius 2 is 2.24 bits per heavy atom. The minimum absolute atomic E-state index is 0.0447. The molecule has 0 aliphatic carbocycles. The molecule has 0 saturated carbocycles. The number of nitrogens with one attached hydrogen (secondary N) is 1. The molecule has 0 bridgehead atoms. The summed E-state index contributed by atoms with van der Waals surface area (Å²) in [6.07, 6.45) is 4.77. The number of likely N-dealkylation sites (tertiary alicyclic amines) is 1. The number of benzene rings is 1. The molecular formula is C17H27FN2O. The van der Waals surface area contributed by atoms with Crippen molar-refractivity contribution < 1.29 is 9.13 Å². The van der Waals surface area contributed by atoms with Crippen LogP contribution in [-0.4, -0.2) is 38.2 Å². The first kappa shape index (κ1) is 16.2. The SMILES string of the molecule is CNCCC1CCCCN1C(C)c1c(F)cccc1OC. The molecule has 0 aromatic heterocycles. The number of piperidine rings is 1. The van der Waals surface area contributed by atoms with E-state index < -0.39 is 0 Å².